The summed E-state index contributed by atoms with van der Waals surface area (Å²) in [6.45, 7) is 4.42. The molecular formula is C13H18N4O3. The van der Waals surface area contributed by atoms with Crippen molar-refractivity contribution in [3.63, 3.8) is 0 Å². The highest BCUT2D eigenvalue weighted by molar-refractivity contribution is 5.92. The van der Waals surface area contributed by atoms with E-state index in [1.807, 2.05) is 0 Å². The third-order valence-electron chi connectivity index (χ3n) is 3.68. The van der Waals surface area contributed by atoms with Crippen LogP contribution in [-0.4, -0.2) is 72.4 Å². The smallest absolute Gasteiger partial charge is 0.271 e. The Balaban J connectivity index is 1.62. The van der Waals surface area contributed by atoms with E-state index in [2.05, 4.69) is 20.2 Å². The van der Waals surface area contributed by atoms with Crippen LogP contribution >= 0.6 is 0 Å². The van der Waals surface area contributed by atoms with E-state index in [9.17, 15) is 4.79 Å². The molecule has 0 unspecified atom stereocenters. The first kappa shape index (κ1) is 13.4. The molecule has 3 heterocycles. The molecule has 1 N–H and O–H groups in total. The fraction of sp³-hybridized carbons (Fsp3) is 0.615. The summed E-state index contributed by atoms with van der Waals surface area (Å²) in [5.74, 6) is -0.202. The summed E-state index contributed by atoms with van der Waals surface area (Å²) in [5.41, 5.74) is 0.333. The predicted molar refractivity (Wildman–Crippen MR) is 70.3 cm³/mol. The fourth-order valence-electron chi connectivity index (χ4n) is 2.61. The SMILES string of the molecule is O=C(N[C@H]1COC[C@@H]1N1CCOCC1)c1cnccn1. The van der Waals surface area contributed by atoms with Crippen LogP contribution in [0, 0.1) is 0 Å². The normalized spacial score (nSPS) is 27.4. The maximum absolute atomic E-state index is 12.1. The van der Waals surface area contributed by atoms with Gasteiger partial charge >= 0.3 is 0 Å². The molecule has 2 atom stereocenters. The highest BCUT2D eigenvalue weighted by Gasteiger charge is 2.35. The first-order valence-electron chi connectivity index (χ1n) is 6.81. The Morgan fingerprint density at radius 2 is 2.10 bits per heavy atom. The van der Waals surface area contributed by atoms with Gasteiger partial charge in [0.15, 0.2) is 0 Å². The molecule has 7 nitrogen and oxygen atoms in total. The number of nitrogens with zero attached hydrogens (tertiary/aromatic N) is 3. The van der Waals surface area contributed by atoms with E-state index in [1.54, 1.807) is 6.20 Å². The Morgan fingerprint density at radius 1 is 1.25 bits per heavy atom. The second kappa shape index (κ2) is 6.25. The molecule has 0 saturated carbocycles. The summed E-state index contributed by atoms with van der Waals surface area (Å²) in [6, 6.07) is 0.196. The fourth-order valence-corrected chi connectivity index (χ4v) is 2.61. The Hall–Kier alpha value is -1.57. The summed E-state index contributed by atoms with van der Waals surface area (Å²) in [4.78, 5) is 22.4. The van der Waals surface area contributed by atoms with Gasteiger partial charge < -0.3 is 14.8 Å². The van der Waals surface area contributed by atoms with Gasteiger partial charge in [-0.25, -0.2) is 4.98 Å². The third kappa shape index (κ3) is 2.95. The minimum atomic E-state index is -0.202. The van der Waals surface area contributed by atoms with Crippen molar-refractivity contribution in [1.29, 1.82) is 0 Å². The summed E-state index contributed by atoms with van der Waals surface area (Å²) in [6.07, 6.45) is 4.53. The number of aromatic nitrogens is 2. The number of ether oxygens (including phenoxy) is 2. The topological polar surface area (TPSA) is 76.6 Å². The van der Waals surface area contributed by atoms with Gasteiger partial charge in [0.2, 0.25) is 0 Å². The first-order chi connectivity index (χ1) is 9.84. The quantitative estimate of drug-likeness (QED) is 0.788. The number of carbonyl (C=O) groups is 1. The molecule has 7 heteroatoms. The number of morpholine rings is 1. The molecule has 0 bridgehead atoms. The lowest BCUT2D eigenvalue weighted by atomic mass is 10.1. The number of rotatable bonds is 3. The minimum absolute atomic E-state index is 0.0115. The standard InChI is InChI=1S/C13H18N4O3/c18-13(10-7-14-1-2-15-10)16-11-8-20-9-12(11)17-3-5-19-6-4-17/h1-2,7,11-12H,3-6,8-9H2,(H,16,18)/t11-,12-/m0/s1. The molecule has 0 aliphatic carbocycles. The molecule has 0 spiro atoms. The molecule has 108 valence electrons. The molecule has 3 rings (SSSR count). The summed E-state index contributed by atoms with van der Waals surface area (Å²) < 4.78 is 10.9. The zero-order valence-corrected chi connectivity index (χ0v) is 11.2. The Morgan fingerprint density at radius 3 is 2.85 bits per heavy atom. The predicted octanol–water partition coefficient (Wildman–Crippen LogP) is -0.694. The van der Waals surface area contributed by atoms with E-state index in [1.165, 1.54) is 12.4 Å². The van der Waals surface area contributed by atoms with Crippen molar-refractivity contribution >= 4 is 5.91 Å². The molecule has 2 aliphatic rings. The number of nitrogens with one attached hydrogen (secondary N) is 1. The molecule has 2 aliphatic heterocycles. The lowest BCUT2D eigenvalue weighted by Gasteiger charge is -2.34. The van der Waals surface area contributed by atoms with Crippen LogP contribution in [0.3, 0.4) is 0 Å². The van der Waals surface area contributed by atoms with Gasteiger partial charge in [-0.15, -0.1) is 0 Å². The van der Waals surface area contributed by atoms with Gasteiger partial charge in [0.25, 0.3) is 5.91 Å². The van der Waals surface area contributed by atoms with Gasteiger partial charge in [0, 0.05) is 25.5 Å². The first-order valence-corrected chi connectivity index (χ1v) is 6.81. The number of carbonyl (C=O) groups excluding carboxylic acids is 1. The monoisotopic (exact) mass is 278 g/mol. The summed E-state index contributed by atoms with van der Waals surface area (Å²) in [5, 5.41) is 2.99. The summed E-state index contributed by atoms with van der Waals surface area (Å²) in [7, 11) is 0. The van der Waals surface area contributed by atoms with Crippen molar-refractivity contribution in [2.24, 2.45) is 0 Å². The van der Waals surface area contributed by atoms with Crippen molar-refractivity contribution in [3.05, 3.63) is 24.3 Å². The van der Waals surface area contributed by atoms with Crippen LogP contribution in [-0.2, 0) is 9.47 Å². The molecule has 2 saturated heterocycles. The van der Waals surface area contributed by atoms with Crippen LogP contribution in [0.15, 0.2) is 18.6 Å². The average molecular weight is 278 g/mol. The maximum atomic E-state index is 12.1. The van der Waals surface area contributed by atoms with Crippen LogP contribution in [0.4, 0.5) is 0 Å². The third-order valence-corrected chi connectivity index (χ3v) is 3.68. The van der Waals surface area contributed by atoms with Gasteiger partial charge in [0.1, 0.15) is 5.69 Å². The van der Waals surface area contributed by atoms with Crippen LogP contribution in [0.1, 0.15) is 10.5 Å². The van der Waals surface area contributed by atoms with Crippen LogP contribution in [0.25, 0.3) is 0 Å². The second-order valence-corrected chi connectivity index (χ2v) is 4.92. The van der Waals surface area contributed by atoms with E-state index >= 15 is 0 Å². The number of hydrogen-bond donors (Lipinski definition) is 1. The van der Waals surface area contributed by atoms with Gasteiger partial charge in [-0.05, 0) is 0 Å². The number of amides is 1. The highest BCUT2D eigenvalue weighted by atomic mass is 16.5. The molecule has 0 aromatic carbocycles. The van der Waals surface area contributed by atoms with Crippen molar-refractivity contribution in [2.75, 3.05) is 39.5 Å². The van der Waals surface area contributed by atoms with E-state index in [4.69, 9.17) is 9.47 Å². The van der Waals surface area contributed by atoms with Gasteiger partial charge in [-0.3, -0.25) is 14.7 Å². The molecular weight excluding hydrogens is 260 g/mol. The van der Waals surface area contributed by atoms with E-state index in [0.717, 1.165) is 26.3 Å². The van der Waals surface area contributed by atoms with Crippen LogP contribution < -0.4 is 5.32 Å². The number of hydrogen-bond acceptors (Lipinski definition) is 6. The zero-order valence-electron chi connectivity index (χ0n) is 11.2. The van der Waals surface area contributed by atoms with E-state index < -0.39 is 0 Å². The Kier molecular flexibility index (Phi) is 4.19. The lowest BCUT2D eigenvalue weighted by Crippen LogP contribution is -2.54. The van der Waals surface area contributed by atoms with Gasteiger partial charge in [-0.2, -0.15) is 0 Å². The van der Waals surface area contributed by atoms with Crippen LogP contribution in [0.2, 0.25) is 0 Å². The molecule has 1 aromatic rings. The van der Waals surface area contributed by atoms with E-state index in [0.29, 0.717) is 18.9 Å². The largest absolute Gasteiger partial charge is 0.379 e. The van der Waals surface area contributed by atoms with Crippen molar-refractivity contribution < 1.29 is 14.3 Å². The average Bonchev–Trinajstić information content (AvgIpc) is 2.97. The Labute approximate surface area is 117 Å². The highest BCUT2D eigenvalue weighted by Crippen LogP contribution is 2.15. The van der Waals surface area contributed by atoms with Crippen molar-refractivity contribution in [1.82, 2.24) is 20.2 Å². The summed E-state index contributed by atoms with van der Waals surface area (Å²) >= 11 is 0. The molecule has 2 fully saturated rings. The molecule has 20 heavy (non-hydrogen) atoms. The zero-order chi connectivity index (χ0) is 13.8. The van der Waals surface area contributed by atoms with Gasteiger partial charge in [-0.1, -0.05) is 0 Å². The molecule has 1 aromatic heterocycles. The molecule has 0 radical (unpaired) electrons. The second-order valence-electron chi connectivity index (χ2n) is 4.92. The molecule has 1 amide bonds. The van der Waals surface area contributed by atoms with Crippen molar-refractivity contribution in [2.45, 2.75) is 12.1 Å². The Bertz CT molecular complexity index is 450. The van der Waals surface area contributed by atoms with Crippen LogP contribution in [0.5, 0.6) is 0 Å². The minimum Gasteiger partial charge on any atom is -0.379 e. The maximum Gasteiger partial charge on any atom is 0.271 e. The van der Waals surface area contributed by atoms with Gasteiger partial charge in [0.05, 0.1) is 44.7 Å². The van der Waals surface area contributed by atoms with Crippen molar-refractivity contribution in [3.8, 4) is 0 Å². The van der Waals surface area contributed by atoms with E-state index in [-0.39, 0.29) is 18.0 Å². The lowest BCUT2D eigenvalue weighted by molar-refractivity contribution is 0.0108.